The lowest BCUT2D eigenvalue weighted by molar-refractivity contribution is 0.236. The monoisotopic (exact) mass is 249 g/mol. The van der Waals surface area contributed by atoms with Crippen LogP contribution in [0.25, 0.3) is 0 Å². The summed E-state index contributed by atoms with van der Waals surface area (Å²) in [5, 5.41) is 14.5. The molecule has 1 aliphatic rings. The number of hydrogen-bond donors (Lipinski definition) is 1. The Morgan fingerprint density at radius 2 is 2.17 bits per heavy atom. The van der Waals surface area contributed by atoms with Crippen LogP contribution < -0.4 is 4.90 Å². The highest BCUT2D eigenvalue weighted by atomic mass is 16.6. The van der Waals surface area contributed by atoms with E-state index in [2.05, 4.69) is 39.9 Å². The lowest BCUT2D eigenvalue weighted by Crippen LogP contribution is -2.46. The molecule has 0 unspecified atom stereocenters. The first-order valence-corrected chi connectivity index (χ1v) is 5.94. The van der Waals surface area contributed by atoms with E-state index in [1.165, 1.54) is 0 Å². The summed E-state index contributed by atoms with van der Waals surface area (Å²) in [6.07, 6.45) is 1.66. The van der Waals surface area contributed by atoms with Crippen LogP contribution in [0.1, 0.15) is 11.5 Å². The summed E-state index contributed by atoms with van der Waals surface area (Å²) in [5.74, 6) is 1.64. The van der Waals surface area contributed by atoms with Crippen molar-refractivity contribution in [2.45, 2.75) is 13.5 Å². The van der Waals surface area contributed by atoms with Crippen molar-refractivity contribution in [3.05, 3.63) is 17.7 Å². The van der Waals surface area contributed by atoms with Gasteiger partial charge >= 0.3 is 0 Å². The zero-order chi connectivity index (χ0) is 12.4. The quantitative estimate of drug-likeness (QED) is 0.807. The van der Waals surface area contributed by atoms with Crippen molar-refractivity contribution in [1.82, 2.24) is 30.4 Å². The highest BCUT2D eigenvalue weighted by molar-refractivity contribution is 5.29. The zero-order valence-electron chi connectivity index (χ0n) is 10.2. The van der Waals surface area contributed by atoms with Gasteiger partial charge < -0.3 is 4.90 Å². The SMILES string of the molecule is Cc1nc(N2CCN(Cc3cnon3)CC2)n[nH]1. The number of rotatable bonds is 3. The normalized spacial score (nSPS) is 17.3. The first kappa shape index (κ1) is 11.1. The Morgan fingerprint density at radius 1 is 1.33 bits per heavy atom. The van der Waals surface area contributed by atoms with Gasteiger partial charge in [-0.25, -0.2) is 4.63 Å². The van der Waals surface area contributed by atoms with Crippen molar-refractivity contribution >= 4 is 5.95 Å². The molecule has 2 aromatic rings. The molecule has 0 aliphatic carbocycles. The summed E-state index contributed by atoms with van der Waals surface area (Å²) in [5.41, 5.74) is 0.872. The molecule has 3 rings (SSSR count). The molecule has 0 bridgehead atoms. The number of nitrogens with zero attached hydrogens (tertiary/aromatic N) is 6. The van der Waals surface area contributed by atoms with E-state index in [-0.39, 0.29) is 0 Å². The standard InChI is InChI=1S/C10H15N7O/c1-8-12-10(14-13-8)17-4-2-16(3-5-17)7-9-6-11-18-15-9/h6H,2-5,7H2,1H3,(H,12,13,14). The predicted molar refractivity (Wildman–Crippen MR) is 62.9 cm³/mol. The Kier molecular flexibility index (Phi) is 2.93. The summed E-state index contributed by atoms with van der Waals surface area (Å²) in [6.45, 7) is 6.45. The highest BCUT2D eigenvalue weighted by Gasteiger charge is 2.20. The van der Waals surface area contributed by atoms with E-state index in [1.54, 1.807) is 6.20 Å². The lowest BCUT2D eigenvalue weighted by Gasteiger charge is -2.33. The van der Waals surface area contributed by atoms with Crippen molar-refractivity contribution in [1.29, 1.82) is 0 Å². The first-order chi connectivity index (χ1) is 8.81. The molecule has 8 nitrogen and oxygen atoms in total. The second-order valence-corrected chi connectivity index (χ2v) is 4.38. The Hall–Kier alpha value is -1.96. The fourth-order valence-electron chi connectivity index (χ4n) is 2.06. The van der Waals surface area contributed by atoms with E-state index in [0.717, 1.165) is 50.2 Å². The molecule has 18 heavy (non-hydrogen) atoms. The number of aromatic amines is 1. The molecule has 0 amide bonds. The molecular weight excluding hydrogens is 234 g/mol. The van der Waals surface area contributed by atoms with Gasteiger partial charge in [0, 0.05) is 32.7 Å². The molecule has 8 heteroatoms. The van der Waals surface area contributed by atoms with Crippen molar-refractivity contribution in [2.24, 2.45) is 0 Å². The van der Waals surface area contributed by atoms with Crippen molar-refractivity contribution in [3.8, 4) is 0 Å². The molecule has 0 atom stereocenters. The number of hydrogen-bond acceptors (Lipinski definition) is 7. The first-order valence-electron chi connectivity index (χ1n) is 5.94. The molecule has 1 saturated heterocycles. The molecular formula is C10H15N7O. The summed E-state index contributed by atoms with van der Waals surface area (Å²) < 4.78 is 4.59. The van der Waals surface area contributed by atoms with E-state index < -0.39 is 0 Å². The van der Waals surface area contributed by atoms with Gasteiger partial charge in [-0.3, -0.25) is 10.00 Å². The summed E-state index contributed by atoms with van der Waals surface area (Å²) >= 11 is 0. The third-order valence-corrected chi connectivity index (χ3v) is 3.03. The fraction of sp³-hybridized carbons (Fsp3) is 0.600. The van der Waals surface area contributed by atoms with Crippen LogP contribution in [0.3, 0.4) is 0 Å². The van der Waals surface area contributed by atoms with Crippen molar-refractivity contribution in [3.63, 3.8) is 0 Å². The minimum Gasteiger partial charge on any atom is -0.337 e. The zero-order valence-corrected chi connectivity index (χ0v) is 10.2. The molecule has 96 valence electrons. The maximum Gasteiger partial charge on any atom is 0.244 e. The number of aromatic nitrogens is 5. The van der Waals surface area contributed by atoms with Gasteiger partial charge in [0.05, 0.1) is 6.20 Å². The molecule has 1 N–H and O–H groups in total. The van der Waals surface area contributed by atoms with Crippen LogP contribution in [0.15, 0.2) is 10.8 Å². The summed E-state index contributed by atoms with van der Waals surface area (Å²) in [4.78, 5) is 8.84. The molecule has 1 aliphatic heterocycles. The van der Waals surface area contributed by atoms with Gasteiger partial charge in [0.15, 0.2) is 0 Å². The van der Waals surface area contributed by atoms with E-state index in [4.69, 9.17) is 0 Å². The summed E-state index contributed by atoms with van der Waals surface area (Å²) in [7, 11) is 0. The van der Waals surface area contributed by atoms with E-state index in [0.29, 0.717) is 0 Å². The Labute approximate surface area is 104 Å². The summed E-state index contributed by atoms with van der Waals surface area (Å²) in [6, 6.07) is 0. The minimum absolute atomic E-state index is 0.782. The fourth-order valence-corrected chi connectivity index (χ4v) is 2.06. The van der Waals surface area contributed by atoms with Gasteiger partial charge in [-0.15, -0.1) is 5.10 Å². The molecule has 3 heterocycles. The van der Waals surface area contributed by atoms with Crippen LogP contribution in [0, 0.1) is 6.92 Å². The molecule has 0 saturated carbocycles. The number of nitrogens with one attached hydrogen (secondary N) is 1. The van der Waals surface area contributed by atoms with Crippen molar-refractivity contribution < 1.29 is 4.63 Å². The van der Waals surface area contributed by atoms with E-state index in [9.17, 15) is 0 Å². The smallest absolute Gasteiger partial charge is 0.244 e. The van der Waals surface area contributed by atoms with Gasteiger partial charge in [0.2, 0.25) is 5.95 Å². The average Bonchev–Trinajstić information content (AvgIpc) is 3.02. The second kappa shape index (κ2) is 4.73. The van der Waals surface area contributed by atoms with Gasteiger partial charge in [-0.05, 0) is 6.92 Å². The van der Waals surface area contributed by atoms with E-state index >= 15 is 0 Å². The minimum atomic E-state index is 0.782. The Morgan fingerprint density at radius 3 is 2.78 bits per heavy atom. The second-order valence-electron chi connectivity index (χ2n) is 4.38. The maximum atomic E-state index is 4.59. The molecule has 0 radical (unpaired) electrons. The lowest BCUT2D eigenvalue weighted by atomic mass is 10.3. The number of anilines is 1. The number of H-pyrrole nitrogens is 1. The number of aryl methyl sites for hydroxylation is 1. The average molecular weight is 249 g/mol. The van der Waals surface area contributed by atoms with Gasteiger partial charge in [-0.2, -0.15) is 4.98 Å². The van der Waals surface area contributed by atoms with Gasteiger partial charge in [0.1, 0.15) is 11.5 Å². The van der Waals surface area contributed by atoms with Crippen LogP contribution in [0.4, 0.5) is 5.95 Å². The van der Waals surface area contributed by atoms with Gasteiger partial charge in [-0.1, -0.05) is 10.3 Å². The maximum absolute atomic E-state index is 4.59. The third kappa shape index (κ3) is 2.33. The van der Waals surface area contributed by atoms with E-state index in [1.807, 2.05) is 6.92 Å². The van der Waals surface area contributed by atoms with Gasteiger partial charge in [0.25, 0.3) is 0 Å². The largest absolute Gasteiger partial charge is 0.337 e. The van der Waals surface area contributed by atoms with Crippen LogP contribution in [0.2, 0.25) is 0 Å². The third-order valence-electron chi connectivity index (χ3n) is 3.03. The van der Waals surface area contributed by atoms with Crippen LogP contribution in [-0.2, 0) is 6.54 Å². The predicted octanol–water partition coefficient (Wildman–Crippen LogP) is -0.182. The van der Waals surface area contributed by atoms with Crippen molar-refractivity contribution in [2.75, 3.05) is 31.1 Å². The Bertz CT molecular complexity index is 486. The number of piperazine rings is 1. The topological polar surface area (TPSA) is 87.0 Å². The molecule has 2 aromatic heterocycles. The highest BCUT2D eigenvalue weighted by Crippen LogP contribution is 2.11. The van der Waals surface area contributed by atoms with Crippen LogP contribution in [-0.4, -0.2) is 56.6 Å². The molecule has 1 fully saturated rings. The molecule has 0 aromatic carbocycles. The van der Waals surface area contributed by atoms with Crippen LogP contribution in [0.5, 0.6) is 0 Å². The molecule has 0 spiro atoms. The van der Waals surface area contributed by atoms with Crippen LogP contribution >= 0.6 is 0 Å². The Balaban J connectivity index is 1.55.